The second kappa shape index (κ2) is 8.33. The molecule has 8 heteroatoms. The summed E-state index contributed by atoms with van der Waals surface area (Å²) in [5.74, 6) is 0.799. The fourth-order valence-corrected chi connectivity index (χ4v) is 2.31. The Morgan fingerprint density at radius 2 is 2.22 bits per heavy atom. The normalized spacial score (nSPS) is 15.9. The highest BCUT2D eigenvalue weighted by Gasteiger charge is 2.16. The molecule has 1 heterocycles. The van der Waals surface area contributed by atoms with Crippen LogP contribution in [-0.4, -0.2) is 35.6 Å². The summed E-state index contributed by atoms with van der Waals surface area (Å²) in [6.07, 6.45) is 1.82. The van der Waals surface area contributed by atoms with E-state index in [4.69, 9.17) is 9.47 Å². The fraction of sp³-hybridized carbons (Fsp3) is 0.333. The molecule has 1 saturated heterocycles. The molecule has 0 bridgehead atoms. The molecule has 0 aliphatic carbocycles. The molecule has 1 fully saturated rings. The van der Waals surface area contributed by atoms with Crippen molar-refractivity contribution in [3.05, 3.63) is 23.8 Å². The number of nitrogens with one attached hydrogen (secondary N) is 1. The van der Waals surface area contributed by atoms with Gasteiger partial charge in [0.2, 0.25) is 5.91 Å². The van der Waals surface area contributed by atoms with E-state index in [0.717, 1.165) is 5.56 Å². The molecule has 1 N–H and O–H groups in total. The number of ether oxygens (including phenoxy) is 2. The molecule has 1 aromatic carbocycles. The van der Waals surface area contributed by atoms with Gasteiger partial charge in [-0.15, -0.1) is 5.10 Å². The maximum atomic E-state index is 11.4. The van der Waals surface area contributed by atoms with Crippen molar-refractivity contribution in [2.45, 2.75) is 20.3 Å². The molecule has 0 radical (unpaired) electrons. The minimum Gasteiger partial charge on any atom is -0.490 e. The van der Waals surface area contributed by atoms with Gasteiger partial charge in [-0.1, -0.05) is 18.7 Å². The average Bonchev–Trinajstić information content (AvgIpc) is 2.95. The van der Waals surface area contributed by atoms with E-state index in [9.17, 15) is 9.59 Å². The van der Waals surface area contributed by atoms with Crippen molar-refractivity contribution < 1.29 is 19.1 Å². The predicted molar refractivity (Wildman–Crippen MR) is 89.2 cm³/mol. The summed E-state index contributed by atoms with van der Waals surface area (Å²) in [4.78, 5) is 22.4. The van der Waals surface area contributed by atoms with Crippen LogP contribution in [0.2, 0.25) is 0 Å². The largest absolute Gasteiger partial charge is 0.490 e. The van der Waals surface area contributed by atoms with Gasteiger partial charge in [0.25, 0.3) is 0 Å². The number of amides is 1. The van der Waals surface area contributed by atoms with Gasteiger partial charge in [0, 0.05) is 6.42 Å². The quantitative estimate of drug-likeness (QED) is 0.371. The average molecular weight is 335 g/mol. The number of benzene rings is 1. The van der Waals surface area contributed by atoms with E-state index >= 15 is 0 Å². The molecule has 122 valence electrons. The second-order valence-electron chi connectivity index (χ2n) is 4.45. The molecule has 0 unspecified atom stereocenters. The zero-order valence-corrected chi connectivity index (χ0v) is 13.7. The van der Waals surface area contributed by atoms with Crippen molar-refractivity contribution in [2.75, 3.05) is 12.4 Å². The zero-order valence-electron chi connectivity index (χ0n) is 12.9. The first-order valence-corrected chi connectivity index (χ1v) is 8.12. The molecule has 7 nitrogen and oxygen atoms in total. The standard InChI is InChI=1S/C15H17N3O4S/c1-3-14(20)22-11-6-5-10(7-12(11)21-4-2)8-16-18-15-17-13(19)9-23-15/h5-8H,3-4,9H2,1-2H3,(H,17,18,19). The Morgan fingerprint density at radius 3 is 2.87 bits per heavy atom. The number of amidine groups is 1. The minimum absolute atomic E-state index is 0.0790. The Hall–Kier alpha value is -2.35. The molecule has 0 atom stereocenters. The van der Waals surface area contributed by atoms with Gasteiger partial charge in [0.15, 0.2) is 16.7 Å². The van der Waals surface area contributed by atoms with Gasteiger partial charge in [0.1, 0.15) is 0 Å². The lowest BCUT2D eigenvalue weighted by Gasteiger charge is -2.10. The third-order valence-electron chi connectivity index (χ3n) is 2.72. The number of nitrogens with zero attached hydrogens (tertiary/aromatic N) is 2. The monoisotopic (exact) mass is 335 g/mol. The van der Waals surface area contributed by atoms with E-state index in [1.165, 1.54) is 18.0 Å². The predicted octanol–water partition coefficient (Wildman–Crippen LogP) is 1.95. The van der Waals surface area contributed by atoms with Crippen LogP contribution in [0.25, 0.3) is 0 Å². The maximum absolute atomic E-state index is 11.4. The molecule has 1 aliphatic heterocycles. The molecule has 23 heavy (non-hydrogen) atoms. The van der Waals surface area contributed by atoms with Crippen LogP contribution in [0, 0.1) is 0 Å². The van der Waals surface area contributed by atoms with Gasteiger partial charge in [-0.25, -0.2) is 0 Å². The smallest absolute Gasteiger partial charge is 0.311 e. The fourth-order valence-electron chi connectivity index (χ4n) is 1.68. The molecule has 1 amide bonds. The molecule has 0 spiro atoms. The van der Waals surface area contributed by atoms with E-state index in [0.29, 0.717) is 29.0 Å². The van der Waals surface area contributed by atoms with Crippen molar-refractivity contribution in [3.63, 3.8) is 0 Å². The molecule has 1 aromatic rings. The van der Waals surface area contributed by atoms with Crippen molar-refractivity contribution in [1.82, 2.24) is 5.32 Å². The molecule has 2 rings (SSSR count). The van der Waals surface area contributed by atoms with Gasteiger partial charge < -0.3 is 14.8 Å². The van der Waals surface area contributed by atoms with Gasteiger partial charge in [0.05, 0.1) is 18.6 Å². The number of esters is 1. The molecule has 1 aliphatic rings. The molecule has 0 aromatic heterocycles. The highest BCUT2D eigenvalue weighted by atomic mass is 32.2. The first kappa shape index (κ1) is 17.0. The summed E-state index contributed by atoms with van der Waals surface area (Å²) in [5.41, 5.74) is 0.739. The molecule has 0 saturated carbocycles. The van der Waals surface area contributed by atoms with Crippen LogP contribution in [0.1, 0.15) is 25.8 Å². The van der Waals surface area contributed by atoms with Crippen LogP contribution in [0.3, 0.4) is 0 Å². The lowest BCUT2D eigenvalue weighted by Crippen LogP contribution is -2.19. The van der Waals surface area contributed by atoms with Crippen LogP contribution in [0.15, 0.2) is 28.4 Å². The lowest BCUT2D eigenvalue weighted by molar-refractivity contribution is -0.134. The topological polar surface area (TPSA) is 89.3 Å². The van der Waals surface area contributed by atoms with Gasteiger partial charge >= 0.3 is 5.97 Å². The van der Waals surface area contributed by atoms with E-state index in [2.05, 4.69) is 15.5 Å². The lowest BCUT2D eigenvalue weighted by atomic mass is 10.2. The van der Waals surface area contributed by atoms with E-state index in [-0.39, 0.29) is 18.3 Å². The zero-order chi connectivity index (χ0) is 16.7. The second-order valence-corrected chi connectivity index (χ2v) is 5.42. The Kier molecular flexibility index (Phi) is 6.16. The Balaban J connectivity index is 2.11. The van der Waals surface area contributed by atoms with Crippen LogP contribution in [0.4, 0.5) is 0 Å². The summed E-state index contributed by atoms with van der Waals surface area (Å²) >= 11 is 1.30. The first-order valence-electron chi connectivity index (χ1n) is 7.13. The summed E-state index contributed by atoms with van der Waals surface area (Å²) in [7, 11) is 0. The first-order chi connectivity index (χ1) is 11.1. The van der Waals surface area contributed by atoms with Gasteiger partial charge in [-0.3, -0.25) is 9.59 Å². The van der Waals surface area contributed by atoms with Crippen LogP contribution < -0.4 is 14.8 Å². The number of rotatable bonds is 6. The number of thioether (sulfide) groups is 1. The van der Waals surface area contributed by atoms with E-state index < -0.39 is 0 Å². The Labute approximate surface area is 138 Å². The highest BCUT2D eigenvalue weighted by Crippen LogP contribution is 2.28. The van der Waals surface area contributed by atoms with Crippen LogP contribution in [-0.2, 0) is 9.59 Å². The van der Waals surface area contributed by atoms with Crippen molar-refractivity contribution in [1.29, 1.82) is 0 Å². The van der Waals surface area contributed by atoms with E-state index in [1.54, 1.807) is 25.1 Å². The minimum atomic E-state index is -0.326. The number of hydrogen-bond donors (Lipinski definition) is 1. The summed E-state index contributed by atoms with van der Waals surface area (Å²) in [5, 5.41) is 10.9. The number of carbonyl (C=O) groups is 2. The Morgan fingerprint density at radius 1 is 1.39 bits per heavy atom. The molecular formula is C15H17N3O4S. The molecular weight excluding hydrogens is 318 g/mol. The van der Waals surface area contributed by atoms with Gasteiger partial charge in [-0.05, 0) is 30.7 Å². The van der Waals surface area contributed by atoms with Crippen molar-refractivity contribution in [3.8, 4) is 11.5 Å². The summed E-state index contributed by atoms with van der Waals surface area (Å²) < 4.78 is 10.7. The summed E-state index contributed by atoms with van der Waals surface area (Å²) in [6, 6.07) is 5.11. The highest BCUT2D eigenvalue weighted by molar-refractivity contribution is 8.15. The number of hydrogen-bond acceptors (Lipinski definition) is 7. The number of carbonyl (C=O) groups excluding carboxylic acids is 2. The van der Waals surface area contributed by atoms with Crippen molar-refractivity contribution >= 4 is 35.0 Å². The summed E-state index contributed by atoms with van der Waals surface area (Å²) in [6.45, 7) is 4.02. The third-order valence-corrected chi connectivity index (χ3v) is 3.59. The van der Waals surface area contributed by atoms with Crippen LogP contribution in [0.5, 0.6) is 11.5 Å². The maximum Gasteiger partial charge on any atom is 0.311 e. The van der Waals surface area contributed by atoms with Crippen LogP contribution >= 0.6 is 11.8 Å². The Bertz CT molecular complexity index is 658. The van der Waals surface area contributed by atoms with Gasteiger partial charge in [-0.2, -0.15) is 5.10 Å². The van der Waals surface area contributed by atoms with Crippen molar-refractivity contribution in [2.24, 2.45) is 10.2 Å². The third kappa shape index (κ3) is 5.10. The van der Waals surface area contributed by atoms with E-state index in [1.807, 2.05) is 6.92 Å². The SMILES string of the molecule is CCOc1cc(C=NN=C2NC(=O)CS2)ccc1OC(=O)CC.